The molecule has 1 atom stereocenters. The van der Waals surface area contributed by atoms with E-state index < -0.39 is 0 Å². The van der Waals surface area contributed by atoms with Gasteiger partial charge in [-0.15, -0.1) is 0 Å². The molecule has 1 N–H and O–H groups in total. The Morgan fingerprint density at radius 2 is 2.00 bits per heavy atom. The molecule has 3 heterocycles. The molecule has 2 fully saturated rings. The number of carbonyl (C=O) groups excluding carboxylic acids is 1. The Hall–Kier alpha value is -2.18. The highest BCUT2D eigenvalue weighted by Crippen LogP contribution is 2.27. The summed E-state index contributed by atoms with van der Waals surface area (Å²) in [4.78, 5) is 23.7. The summed E-state index contributed by atoms with van der Waals surface area (Å²) in [6, 6.07) is 0.376. The fourth-order valence-electron chi connectivity index (χ4n) is 4.15. The molecule has 2 aromatic heterocycles. The first kappa shape index (κ1) is 16.3. The summed E-state index contributed by atoms with van der Waals surface area (Å²) in [5.41, 5.74) is 0.832. The Bertz CT molecular complexity index is 751. The molecule has 0 aromatic carbocycles. The highest BCUT2D eigenvalue weighted by Gasteiger charge is 2.29. The number of piperidine rings is 1. The van der Waals surface area contributed by atoms with Gasteiger partial charge in [0.25, 0.3) is 0 Å². The average Bonchev–Trinajstić information content (AvgIpc) is 3.04. The number of anilines is 1. The monoisotopic (exact) mass is 342 g/mol. The van der Waals surface area contributed by atoms with Gasteiger partial charge in [0.05, 0.1) is 17.5 Å². The van der Waals surface area contributed by atoms with Gasteiger partial charge in [-0.25, -0.2) is 9.97 Å². The number of carbonyl (C=O) groups is 1. The molecule has 7 heteroatoms. The zero-order valence-electron chi connectivity index (χ0n) is 14.8. The number of hydrogen-bond donors (Lipinski definition) is 1. The van der Waals surface area contributed by atoms with Crippen LogP contribution >= 0.6 is 0 Å². The number of fused-ring (bicyclic) bond motifs is 1. The van der Waals surface area contributed by atoms with Gasteiger partial charge in [-0.1, -0.05) is 19.3 Å². The molecule has 2 aromatic rings. The van der Waals surface area contributed by atoms with Crippen molar-refractivity contribution in [3.63, 3.8) is 0 Å². The fourth-order valence-corrected chi connectivity index (χ4v) is 4.15. The maximum Gasteiger partial charge on any atom is 0.225 e. The SMILES string of the molecule is Cn1ncc2c(N3CCCC(C(=O)NC4CCCCC4)C3)ncnc21. The number of nitrogens with one attached hydrogen (secondary N) is 1. The van der Waals surface area contributed by atoms with Crippen LogP contribution in [0, 0.1) is 5.92 Å². The molecule has 0 bridgehead atoms. The van der Waals surface area contributed by atoms with Gasteiger partial charge in [-0.2, -0.15) is 5.10 Å². The third kappa shape index (κ3) is 3.32. The summed E-state index contributed by atoms with van der Waals surface area (Å²) >= 11 is 0. The van der Waals surface area contributed by atoms with Gasteiger partial charge >= 0.3 is 0 Å². The zero-order chi connectivity index (χ0) is 17.2. The molecular weight excluding hydrogens is 316 g/mol. The Morgan fingerprint density at radius 3 is 2.84 bits per heavy atom. The predicted octanol–water partition coefficient (Wildman–Crippen LogP) is 2.03. The summed E-state index contributed by atoms with van der Waals surface area (Å²) in [5, 5.41) is 8.53. The molecule has 25 heavy (non-hydrogen) atoms. The molecule has 4 rings (SSSR count). The van der Waals surface area contributed by atoms with Crippen molar-refractivity contribution in [2.45, 2.75) is 51.0 Å². The summed E-state index contributed by atoms with van der Waals surface area (Å²) in [5.74, 6) is 1.15. The van der Waals surface area contributed by atoms with Crippen molar-refractivity contribution in [3.05, 3.63) is 12.5 Å². The number of aryl methyl sites for hydroxylation is 1. The van der Waals surface area contributed by atoms with Crippen LogP contribution in [-0.4, -0.2) is 44.8 Å². The van der Waals surface area contributed by atoms with Crippen LogP contribution in [0.3, 0.4) is 0 Å². The number of aromatic nitrogens is 4. The molecule has 0 spiro atoms. The smallest absolute Gasteiger partial charge is 0.225 e. The zero-order valence-corrected chi connectivity index (χ0v) is 14.8. The number of rotatable bonds is 3. The molecule has 7 nitrogen and oxygen atoms in total. The van der Waals surface area contributed by atoms with Crippen LogP contribution in [0.4, 0.5) is 5.82 Å². The Labute approximate surface area is 147 Å². The first-order valence-electron chi connectivity index (χ1n) is 9.40. The van der Waals surface area contributed by atoms with Gasteiger partial charge in [0.2, 0.25) is 5.91 Å². The van der Waals surface area contributed by atoms with Gasteiger partial charge < -0.3 is 10.2 Å². The van der Waals surface area contributed by atoms with Gasteiger partial charge in [0.1, 0.15) is 12.1 Å². The lowest BCUT2D eigenvalue weighted by atomic mass is 9.93. The first-order valence-corrected chi connectivity index (χ1v) is 9.40. The van der Waals surface area contributed by atoms with E-state index >= 15 is 0 Å². The summed E-state index contributed by atoms with van der Waals surface area (Å²) in [7, 11) is 1.88. The Kier molecular flexibility index (Phi) is 4.55. The molecule has 2 aliphatic rings. The van der Waals surface area contributed by atoms with Crippen molar-refractivity contribution in [2.75, 3.05) is 18.0 Å². The molecule has 134 valence electrons. The topological polar surface area (TPSA) is 75.9 Å². The van der Waals surface area contributed by atoms with Crippen LogP contribution in [0.5, 0.6) is 0 Å². The minimum absolute atomic E-state index is 0.0392. The molecule has 0 radical (unpaired) electrons. The van der Waals surface area contributed by atoms with Crippen molar-refractivity contribution in [1.82, 2.24) is 25.1 Å². The third-order valence-corrected chi connectivity index (χ3v) is 5.55. The molecule has 1 aliphatic heterocycles. The lowest BCUT2D eigenvalue weighted by Crippen LogP contribution is -2.46. The van der Waals surface area contributed by atoms with Crippen molar-refractivity contribution in [3.8, 4) is 0 Å². The van der Waals surface area contributed by atoms with E-state index in [4.69, 9.17) is 0 Å². The second-order valence-electron chi connectivity index (χ2n) is 7.33. The van der Waals surface area contributed by atoms with E-state index in [1.54, 1.807) is 11.0 Å². The predicted molar refractivity (Wildman–Crippen MR) is 96.3 cm³/mol. The van der Waals surface area contributed by atoms with Crippen LogP contribution < -0.4 is 10.2 Å². The van der Waals surface area contributed by atoms with E-state index in [-0.39, 0.29) is 11.8 Å². The molecule has 1 aliphatic carbocycles. The lowest BCUT2D eigenvalue weighted by Gasteiger charge is -2.34. The van der Waals surface area contributed by atoms with Crippen molar-refractivity contribution in [1.29, 1.82) is 0 Å². The summed E-state index contributed by atoms with van der Waals surface area (Å²) in [6.45, 7) is 1.65. The van der Waals surface area contributed by atoms with Crippen molar-refractivity contribution < 1.29 is 4.79 Å². The van der Waals surface area contributed by atoms with Crippen LogP contribution in [0.2, 0.25) is 0 Å². The van der Waals surface area contributed by atoms with Crippen LogP contribution in [-0.2, 0) is 11.8 Å². The average molecular weight is 342 g/mol. The standard InChI is InChI=1S/C18H26N6O/c1-23-16-15(10-21-23)17(20-12-19-16)24-9-5-6-13(11-24)18(25)22-14-7-3-2-4-8-14/h10,12-14H,2-9,11H2,1H3,(H,22,25). The van der Waals surface area contributed by atoms with E-state index in [9.17, 15) is 4.79 Å². The van der Waals surface area contributed by atoms with Crippen molar-refractivity contribution >= 4 is 22.8 Å². The lowest BCUT2D eigenvalue weighted by molar-refractivity contribution is -0.126. The number of nitrogens with zero attached hydrogens (tertiary/aromatic N) is 5. The molecule has 1 amide bonds. The van der Waals surface area contributed by atoms with E-state index in [0.29, 0.717) is 6.04 Å². The van der Waals surface area contributed by atoms with E-state index in [0.717, 1.165) is 55.6 Å². The summed E-state index contributed by atoms with van der Waals surface area (Å²) < 4.78 is 1.76. The van der Waals surface area contributed by atoms with Gasteiger partial charge in [0.15, 0.2) is 5.65 Å². The van der Waals surface area contributed by atoms with Crippen LogP contribution in [0.1, 0.15) is 44.9 Å². The minimum Gasteiger partial charge on any atom is -0.355 e. The van der Waals surface area contributed by atoms with Crippen LogP contribution in [0.15, 0.2) is 12.5 Å². The quantitative estimate of drug-likeness (QED) is 0.924. The first-order chi connectivity index (χ1) is 12.2. The van der Waals surface area contributed by atoms with E-state index in [1.807, 2.05) is 13.2 Å². The van der Waals surface area contributed by atoms with E-state index in [1.165, 1.54) is 19.3 Å². The highest BCUT2D eigenvalue weighted by molar-refractivity contribution is 5.87. The Balaban J connectivity index is 1.47. The molecule has 1 unspecified atom stereocenters. The summed E-state index contributed by atoms with van der Waals surface area (Å²) in [6.07, 6.45) is 11.4. The van der Waals surface area contributed by atoms with Gasteiger partial charge in [-0.3, -0.25) is 9.48 Å². The molecule has 1 saturated carbocycles. The van der Waals surface area contributed by atoms with Gasteiger partial charge in [-0.05, 0) is 25.7 Å². The normalized spacial score (nSPS) is 22.3. The maximum atomic E-state index is 12.7. The third-order valence-electron chi connectivity index (χ3n) is 5.55. The number of amides is 1. The Morgan fingerprint density at radius 1 is 1.16 bits per heavy atom. The fraction of sp³-hybridized carbons (Fsp3) is 0.667. The largest absolute Gasteiger partial charge is 0.355 e. The minimum atomic E-state index is 0.0392. The van der Waals surface area contributed by atoms with Crippen molar-refractivity contribution in [2.24, 2.45) is 13.0 Å². The van der Waals surface area contributed by atoms with Gasteiger partial charge in [0, 0.05) is 26.2 Å². The second kappa shape index (κ2) is 6.98. The maximum absolute atomic E-state index is 12.7. The molecule has 1 saturated heterocycles. The highest BCUT2D eigenvalue weighted by atomic mass is 16.2. The second-order valence-corrected chi connectivity index (χ2v) is 7.33. The van der Waals surface area contributed by atoms with E-state index in [2.05, 4.69) is 25.3 Å². The molecular formula is C18H26N6O. The number of hydrogen-bond acceptors (Lipinski definition) is 5. The van der Waals surface area contributed by atoms with Crippen LogP contribution in [0.25, 0.3) is 11.0 Å².